The molecule has 0 saturated heterocycles. The first-order valence-electron chi connectivity index (χ1n) is 7.37. The van der Waals surface area contributed by atoms with Gasteiger partial charge in [0.1, 0.15) is 6.61 Å². The third-order valence-electron chi connectivity index (χ3n) is 4.11. The number of methoxy groups -OCH3 is 1. The van der Waals surface area contributed by atoms with Gasteiger partial charge in [0.25, 0.3) is 0 Å². The summed E-state index contributed by atoms with van der Waals surface area (Å²) in [7, 11) is 1.64. The zero-order chi connectivity index (χ0) is 14.3. The molecule has 0 unspecified atom stereocenters. The highest BCUT2D eigenvalue weighted by atomic mass is 16.5. The molecule has 0 aliphatic heterocycles. The molecule has 0 bridgehead atoms. The number of para-hydroxylation sites is 2. The first-order valence-corrected chi connectivity index (χ1v) is 7.37. The minimum atomic E-state index is 0.102. The van der Waals surface area contributed by atoms with E-state index >= 15 is 0 Å². The molecule has 2 rings (SSSR count). The quantitative estimate of drug-likeness (QED) is 0.716. The van der Waals surface area contributed by atoms with E-state index in [1.807, 2.05) is 24.3 Å². The van der Waals surface area contributed by atoms with Crippen LogP contribution in [-0.2, 0) is 0 Å². The Morgan fingerprint density at radius 3 is 2.55 bits per heavy atom. The summed E-state index contributed by atoms with van der Waals surface area (Å²) in [6.45, 7) is 2.54. The van der Waals surface area contributed by atoms with Gasteiger partial charge in [-0.25, -0.2) is 0 Å². The number of benzene rings is 1. The van der Waals surface area contributed by atoms with Gasteiger partial charge in [-0.1, -0.05) is 25.0 Å². The second-order valence-corrected chi connectivity index (χ2v) is 5.54. The molecule has 1 aliphatic rings. The molecule has 0 amide bonds. The van der Waals surface area contributed by atoms with Crippen LogP contribution < -0.4 is 14.8 Å². The zero-order valence-corrected chi connectivity index (χ0v) is 12.2. The molecule has 0 atom stereocenters. The number of ether oxygens (including phenoxy) is 2. The van der Waals surface area contributed by atoms with Gasteiger partial charge in [-0.05, 0) is 25.0 Å². The molecule has 4 nitrogen and oxygen atoms in total. The van der Waals surface area contributed by atoms with Crippen LogP contribution in [0.15, 0.2) is 24.3 Å². The third-order valence-corrected chi connectivity index (χ3v) is 4.11. The van der Waals surface area contributed by atoms with Gasteiger partial charge in [0.2, 0.25) is 0 Å². The topological polar surface area (TPSA) is 50.7 Å². The van der Waals surface area contributed by atoms with E-state index in [4.69, 9.17) is 9.47 Å². The molecule has 1 aliphatic carbocycles. The Morgan fingerprint density at radius 2 is 1.90 bits per heavy atom. The molecular weight excluding hydrogens is 254 g/mol. The monoisotopic (exact) mass is 279 g/mol. The number of rotatable bonds is 8. The molecule has 1 saturated carbocycles. The van der Waals surface area contributed by atoms with Crippen molar-refractivity contribution in [1.82, 2.24) is 5.32 Å². The van der Waals surface area contributed by atoms with Crippen molar-refractivity contribution in [3.05, 3.63) is 24.3 Å². The first-order chi connectivity index (χ1) is 9.79. The SMILES string of the molecule is COc1ccccc1OCCNCC1(CO)CCCC1. The van der Waals surface area contributed by atoms with Crippen molar-refractivity contribution < 1.29 is 14.6 Å². The first kappa shape index (κ1) is 15.1. The lowest BCUT2D eigenvalue weighted by molar-refractivity contribution is 0.127. The standard InChI is InChI=1S/C16H25NO3/c1-19-14-6-2-3-7-15(14)20-11-10-17-12-16(13-18)8-4-5-9-16/h2-3,6-7,17-18H,4-5,8-13H2,1H3. The van der Waals surface area contributed by atoms with E-state index < -0.39 is 0 Å². The third kappa shape index (κ3) is 3.87. The molecule has 1 fully saturated rings. The lowest BCUT2D eigenvalue weighted by atomic mass is 9.87. The van der Waals surface area contributed by atoms with E-state index in [0.717, 1.165) is 37.4 Å². The fourth-order valence-corrected chi connectivity index (χ4v) is 2.84. The molecule has 1 aromatic rings. The number of aliphatic hydroxyl groups is 1. The van der Waals surface area contributed by atoms with Crippen LogP contribution in [0.3, 0.4) is 0 Å². The molecule has 112 valence electrons. The van der Waals surface area contributed by atoms with E-state index in [0.29, 0.717) is 6.61 Å². The van der Waals surface area contributed by atoms with Gasteiger partial charge in [0.05, 0.1) is 7.11 Å². The lowest BCUT2D eigenvalue weighted by Gasteiger charge is -2.26. The van der Waals surface area contributed by atoms with Crippen LogP contribution in [0, 0.1) is 5.41 Å². The molecule has 4 heteroatoms. The maximum atomic E-state index is 9.53. The van der Waals surface area contributed by atoms with Crippen molar-refractivity contribution in [2.24, 2.45) is 5.41 Å². The maximum absolute atomic E-state index is 9.53. The largest absolute Gasteiger partial charge is 0.493 e. The molecule has 0 aromatic heterocycles. The van der Waals surface area contributed by atoms with E-state index in [1.165, 1.54) is 12.8 Å². The molecule has 20 heavy (non-hydrogen) atoms. The fraction of sp³-hybridized carbons (Fsp3) is 0.625. The second kappa shape index (κ2) is 7.50. The number of nitrogens with one attached hydrogen (secondary N) is 1. The summed E-state index contributed by atoms with van der Waals surface area (Å²) in [6, 6.07) is 7.66. The summed E-state index contributed by atoms with van der Waals surface area (Å²) in [6.07, 6.45) is 4.73. The smallest absolute Gasteiger partial charge is 0.161 e. The zero-order valence-electron chi connectivity index (χ0n) is 12.2. The Bertz CT molecular complexity index is 402. The number of hydrogen-bond donors (Lipinski definition) is 2. The minimum Gasteiger partial charge on any atom is -0.493 e. The molecular formula is C16H25NO3. The van der Waals surface area contributed by atoms with E-state index in [1.54, 1.807) is 7.11 Å². The second-order valence-electron chi connectivity index (χ2n) is 5.54. The highest BCUT2D eigenvalue weighted by molar-refractivity contribution is 5.39. The summed E-state index contributed by atoms with van der Waals surface area (Å²) in [5.74, 6) is 1.53. The van der Waals surface area contributed by atoms with Gasteiger partial charge < -0.3 is 19.9 Å². The van der Waals surface area contributed by atoms with Crippen molar-refractivity contribution in [3.8, 4) is 11.5 Å². The van der Waals surface area contributed by atoms with E-state index in [9.17, 15) is 5.11 Å². The van der Waals surface area contributed by atoms with Crippen molar-refractivity contribution in [3.63, 3.8) is 0 Å². The van der Waals surface area contributed by atoms with Crippen molar-refractivity contribution in [1.29, 1.82) is 0 Å². The Kier molecular flexibility index (Phi) is 5.68. The van der Waals surface area contributed by atoms with Crippen LogP contribution in [-0.4, -0.2) is 38.5 Å². The van der Waals surface area contributed by atoms with Gasteiger partial charge in [0.15, 0.2) is 11.5 Å². The summed E-state index contributed by atoms with van der Waals surface area (Å²) < 4.78 is 10.9. The average molecular weight is 279 g/mol. The maximum Gasteiger partial charge on any atom is 0.161 e. The Labute approximate surface area is 121 Å². The van der Waals surface area contributed by atoms with Gasteiger partial charge in [-0.3, -0.25) is 0 Å². The van der Waals surface area contributed by atoms with Gasteiger partial charge >= 0.3 is 0 Å². The van der Waals surface area contributed by atoms with Crippen molar-refractivity contribution in [2.45, 2.75) is 25.7 Å². The Morgan fingerprint density at radius 1 is 1.20 bits per heavy atom. The summed E-state index contributed by atoms with van der Waals surface area (Å²) in [5.41, 5.74) is 0.102. The molecule has 0 spiro atoms. The summed E-state index contributed by atoms with van der Waals surface area (Å²) in [5, 5.41) is 12.9. The molecule has 0 radical (unpaired) electrons. The van der Waals surface area contributed by atoms with Crippen LogP contribution in [0.4, 0.5) is 0 Å². The Balaban J connectivity index is 1.69. The molecule has 0 heterocycles. The van der Waals surface area contributed by atoms with Crippen LogP contribution in [0.25, 0.3) is 0 Å². The van der Waals surface area contributed by atoms with Crippen LogP contribution in [0.2, 0.25) is 0 Å². The number of aliphatic hydroxyl groups excluding tert-OH is 1. The van der Waals surface area contributed by atoms with E-state index in [-0.39, 0.29) is 12.0 Å². The lowest BCUT2D eigenvalue weighted by Crippen LogP contribution is -2.36. The van der Waals surface area contributed by atoms with Gasteiger partial charge in [-0.15, -0.1) is 0 Å². The van der Waals surface area contributed by atoms with E-state index in [2.05, 4.69) is 5.32 Å². The summed E-state index contributed by atoms with van der Waals surface area (Å²) >= 11 is 0. The molecule has 2 N–H and O–H groups in total. The van der Waals surface area contributed by atoms with Crippen LogP contribution >= 0.6 is 0 Å². The predicted molar refractivity (Wildman–Crippen MR) is 79.3 cm³/mol. The summed E-state index contributed by atoms with van der Waals surface area (Å²) in [4.78, 5) is 0. The van der Waals surface area contributed by atoms with Gasteiger partial charge in [-0.2, -0.15) is 0 Å². The van der Waals surface area contributed by atoms with Crippen LogP contribution in [0.1, 0.15) is 25.7 Å². The Hall–Kier alpha value is -1.26. The predicted octanol–water partition coefficient (Wildman–Crippen LogP) is 2.22. The van der Waals surface area contributed by atoms with Gasteiger partial charge in [0, 0.05) is 25.1 Å². The highest BCUT2D eigenvalue weighted by Gasteiger charge is 2.32. The van der Waals surface area contributed by atoms with Crippen molar-refractivity contribution in [2.75, 3.05) is 33.4 Å². The fourth-order valence-electron chi connectivity index (χ4n) is 2.84. The normalized spacial score (nSPS) is 17.1. The average Bonchev–Trinajstić information content (AvgIpc) is 2.97. The number of hydrogen-bond acceptors (Lipinski definition) is 4. The van der Waals surface area contributed by atoms with Crippen LogP contribution in [0.5, 0.6) is 11.5 Å². The minimum absolute atomic E-state index is 0.102. The highest BCUT2D eigenvalue weighted by Crippen LogP contribution is 2.36. The molecule has 1 aromatic carbocycles. The van der Waals surface area contributed by atoms with Crippen molar-refractivity contribution >= 4 is 0 Å².